The van der Waals surface area contributed by atoms with E-state index in [2.05, 4.69) is 35.8 Å². The zero-order chi connectivity index (χ0) is 31.6. The maximum atomic E-state index is 13.8. The number of hydrogen-bond acceptors (Lipinski definition) is 8. The van der Waals surface area contributed by atoms with E-state index in [9.17, 15) is 27.2 Å². The molecule has 5 aromatic rings. The Hall–Kier alpha value is -4.76. The molecular formula is C27H19Cl2F4N9O2. The molecule has 0 radical (unpaired) electrons. The molecule has 44 heavy (non-hydrogen) atoms. The number of pyridine rings is 2. The number of alkyl halides is 3. The van der Waals surface area contributed by atoms with Gasteiger partial charge in [0, 0.05) is 23.2 Å². The van der Waals surface area contributed by atoms with Gasteiger partial charge in [-0.2, -0.15) is 23.1 Å². The molecule has 17 heteroatoms. The third-order valence-corrected chi connectivity index (χ3v) is 6.75. The Morgan fingerprint density at radius 2 is 1.82 bits per heavy atom. The molecule has 0 fully saturated rings. The van der Waals surface area contributed by atoms with Crippen LogP contribution in [0, 0.1) is 12.7 Å². The van der Waals surface area contributed by atoms with E-state index < -0.39 is 29.5 Å². The second kappa shape index (κ2) is 12.5. The van der Waals surface area contributed by atoms with E-state index in [1.807, 2.05) is 0 Å². The van der Waals surface area contributed by atoms with Crippen molar-refractivity contribution in [2.24, 2.45) is 0 Å². The van der Waals surface area contributed by atoms with Crippen LogP contribution in [0.2, 0.25) is 10.0 Å². The number of rotatable bonds is 9. The molecule has 0 saturated heterocycles. The summed E-state index contributed by atoms with van der Waals surface area (Å²) in [5.41, 5.74) is 1.53. The number of carbonyl (C=O) groups excluding carboxylic acids is 2. The Bertz CT molecular complexity index is 1860. The van der Waals surface area contributed by atoms with Crippen molar-refractivity contribution >= 4 is 34.9 Å². The molecule has 0 aliphatic rings. The van der Waals surface area contributed by atoms with E-state index in [1.54, 1.807) is 19.1 Å². The van der Waals surface area contributed by atoms with Crippen molar-refractivity contribution in [3.63, 3.8) is 0 Å². The van der Waals surface area contributed by atoms with Crippen molar-refractivity contribution < 1.29 is 27.2 Å². The van der Waals surface area contributed by atoms with Gasteiger partial charge in [0.2, 0.25) is 0 Å². The molecule has 0 saturated carbocycles. The summed E-state index contributed by atoms with van der Waals surface area (Å²) in [7, 11) is 0. The average molecular weight is 648 g/mol. The summed E-state index contributed by atoms with van der Waals surface area (Å²) in [5.74, 6) is -2.94. The molecule has 4 aromatic heterocycles. The fourth-order valence-corrected chi connectivity index (χ4v) is 4.68. The van der Waals surface area contributed by atoms with Gasteiger partial charge in [-0.05, 0) is 65.7 Å². The molecule has 1 aromatic carbocycles. The molecule has 4 heterocycles. The summed E-state index contributed by atoms with van der Waals surface area (Å²) >= 11 is 12.6. The van der Waals surface area contributed by atoms with Crippen LogP contribution in [0.25, 0.3) is 5.82 Å². The highest BCUT2D eigenvalue weighted by Crippen LogP contribution is 2.27. The highest BCUT2D eigenvalue weighted by Gasteiger charge is 2.37. The highest BCUT2D eigenvalue weighted by atomic mass is 35.5. The molecule has 1 amide bonds. The molecule has 11 nitrogen and oxygen atoms in total. The highest BCUT2D eigenvalue weighted by molar-refractivity contribution is 6.32. The van der Waals surface area contributed by atoms with Gasteiger partial charge in [-0.3, -0.25) is 14.6 Å². The third-order valence-electron chi connectivity index (χ3n) is 6.23. The molecule has 226 valence electrons. The predicted molar refractivity (Wildman–Crippen MR) is 148 cm³/mol. The van der Waals surface area contributed by atoms with E-state index in [1.165, 1.54) is 36.5 Å². The van der Waals surface area contributed by atoms with Crippen LogP contribution in [0.4, 0.5) is 17.6 Å². The van der Waals surface area contributed by atoms with Crippen LogP contribution in [0.3, 0.4) is 0 Å². The zero-order valence-corrected chi connectivity index (χ0v) is 24.0. The van der Waals surface area contributed by atoms with Crippen molar-refractivity contribution in [1.29, 1.82) is 0 Å². The molecule has 0 aliphatic carbocycles. The number of nitrogens with zero attached hydrogens (tertiary/aromatic N) is 8. The third kappa shape index (κ3) is 6.89. The summed E-state index contributed by atoms with van der Waals surface area (Å²) in [6.45, 7) is 1.31. The molecule has 5 rings (SSSR count). The molecule has 0 spiro atoms. The average Bonchev–Trinajstić information content (AvgIpc) is 3.62. The van der Waals surface area contributed by atoms with Gasteiger partial charge in [0.05, 0.1) is 29.2 Å². The molecule has 0 atom stereocenters. The van der Waals surface area contributed by atoms with Gasteiger partial charge in [0.1, 0.15) is 18.1 Å². The lowest BCUT2D eigenvalue weighted by Crippen LogP contribution is -2.25. The first-order chi connectivity index (χ1) is 20.9. The summed E-state index contributed by atoms with van der Waals surface area (Å²) in [5, 5.41) is 17.2. The fourth-order valence-electron chi connectivity index (χ4n) is 4.21. The van der Waals surface area contributed by atoms with Crippen molar-refractivity contribution in [1.82, 2.24) is 45.3 Å². The van der Waals surface area contributed by atoms with Crippen LogP contribution < -0.4 is 5.32 Å². The number of nitrogens with one attached hydrogen (secondary N) is 1. The van der Waals surface area contributed by atoms with E-state index >= 15 is 0 Å². The first-order valence-electron chi connectivity index (χ1n) is 12.6. The molecule has 0 aliphatic heterocycles. The number of aromatic nitrogens is 8. The van der Waals surface area contributed by atoms with Crippen molar-refractivity contribution in [2.45, 2.75) is 32.6 Å². The topological polar surface area (TPSA) is 133 Å². The van der Waals surface area contributed by atoms with Gasteiger partial charge < -0.3 is 5.32 Å². The minimum absolute atomic E-state index is 0.0151. The van der Waals surface area contributed by atoms with Crippen molar-refractivity contribution in [3.8, 4) is 5.82 Å². The standard InChI is InChI=1S/C27H19Cl2F4N9O2/c1-14-7-15(28)8-20(25(44)36-12-17-5-4-16(30)11-35-17)19(14)10-23(43)22-9-18(13-41-39-26(37-40-41)27(31,32)33)38-42(22)24-21(29)3-2-6-34-24/h2-9,11H,10,12-13H2,1H3,(H,36,44). The lowest BCUT2D eigenvalue weighted by atomic mass is 9.95. The van der Waals surface area contributed by atoms with Gasteiger partial charge in [-0.15, -0.1) is 10.2 Å². The lowest BCUT2D eigenvalue weighted by molar-refractivity contribution is -0.145. The summed E-state index contributed by atoms with van der Waals surface area (Å²) in [4.78, 5) is 35.8. The first-order valence-corrected chi connectivity index (χ1v) is 13.4. The number of halogens is 6. The van der Waals surface area contributed by atoms with Crippen molar-refractivity contribution in [3.05, 3.63) is 110 Å². The molecular weight excluding hydrogens is 629 g/mol. The number of aryl methyl sites for hydroxylation is 1. The Kier molecular flexibility index (Phi) is 8.69. The maximum Gasteiger partial charge on any atom is 0.455 e. The number of benzene rings is 1. The Morgan fingerprint density at radius 1 is 1.02 bits per heavy atom. The Balaban J connectivity index is 1.46. The van der Waals surface area contributed by atoms with Gasteiger partial charge in [0.15, 0.2) is 11.6 Å². The first kappa shape index (κ1) is 30.7. The van der Waals surface area contributed by atoms with Crippen LogP contribution >= 0.6 is 23.2 Å². The van der Waals surface area contributed by atoms with Crippen LogP contribution in [0.15, 0.2) is 54.9 Å². The van der Waals surface area contributed by atoms with E-state index in [-0.39, 0.29) is 52.3 Å². The Morgan fingerprint density at radius 3 is 2.50 bits per heavy atom. The fraction of sp³-hybridized carbons (Fsp3) is 0.185. The largest absolute Gasteiger partial charge is 0.455 e. The smallest absolute Gasteiger partial charge is 0.346 e. The summed E-state index contributed by atoms with van der Waals surface area (Å²) in [6, 6.07) is 10.1. The van der Waals surface area contributed by atoms with E-state index in [4.69, 9.17) is 23.2 Å². The summed E-state index contributed by atoms with van der Waals surface area (Å²) in [6.07, 6.45) is -2.64. The number of hydrogen-bond donors (Lipinski definition) is 1. The minimum atomic E-state index is -4.80. The minimum Gasteiger partial charge on any atom is -0.346 e. The number of Topliss-reactive ketones (excluding diaryl/α,β-unsaturated/α-hetero) is 1. The number of amides is 1. The quantitative estimate of drug-likeness (QED) is 0.178. The second-order valence-corrected chi connectivity index (χ2v) is 10.2. The van der Waals surface area contributed by atoms with Crippen LogP contribution in [0.5, 0.6) is 0 Å². The molecule has 0 bridgehead atoms. The van der Waals surface area contributed by atoms with Crippen molar-refractivity contribution in [2.75, 3.05) is 0 Å². The normalized spacial score (nSPS) is 11.5. The number of tetrazole rings is 1. The van der Waals surface area contributed by atoms with Crippen LogP contribution in [0.1, 0.15) is 49.2 Å². The van der Waals surface area contributed by atoms with Gasteiger partial charge >= 0.3 is 6.18 Å². The van der Waals surface area contributed by atoms with Crippen LogP contribution in [-0.2, 0) is 25.7 Å². The second-order valence-electron chi connectivity index (χ2n) is 9.38. The lowest BCUT2D eigenvalue weighted by Gasteiger charge is -2.14. The number of carbonyl (C=O) groups is 2. The number of ketones is 1. The predicted octanol–water partition coefficient (Wildman–Crippen LogP) is 4.83. The van der Waals surface area contributed by atoms with Gasteiger partial charge in [0.25, 0.3) is 11.7 Å². The Labute approximate surface area is 255 Å². The van der Waals surface area contributed by atoms with E-state index in [0.717, 1.165) is 10.9 Å². The van der Waals surface area contributed by atoms with Crippen LogP contribution in [-0.4, -0.2) is 51.6 Å². The monoisotopic (exact) mass is 647 g/mol. The molecule has 1 N–H and O–H groups in total. The molecule has 0 unspecified atom stereocenters. The van der Waals surface area contributed by atoms with Gasteiger partial charge in [-0.1, -0.05) is 23.2 Å². The van der Waals surface area contributed by atoms with Gasteiger partial charge in [-0.25, -0.2) is 14.1 Å². The SMILES string of the molecule is Cc1cc(Cl)cc(C(=O)NCc2ccc(F)cn2)c1CC(=O)c1cc(Cn2nnc(C(F)(F)F)n2)nn1-c1ncccc1Cl. The zero-order valence-electron chi connectivity index (χ0n) is 22.5. The maximum absolute atomic E-state index is 13.8. The summed E-state index contributed by atoms with van der Waals surface area (Å²) < 4.78 is 53.3. The van der Waals surface area contributed by atoms with E-state index in [0.29, 0.717) is 21.6 Å².